The minimum Gasteiger partial charge on any atom is -0.494 e. The Kier molecular flexibility index (Phi) is 11.8. The van der Waals surface area contributed by atoms with Gasteiger partial charge in [-0.25, -0.2) is 8.42 Å². The summed E-state index contributed by atoms with van der Waals surface area (Å²) < 4.78 is 35.3. The number of nitrogens with zero attached hydrogens (tertiary/aromatic N) is 2. The molecule has 0 spiro atoms. The third kappa shape index (κ3) is 8.56. The summed E-state index contributed by atoms with van der Waals surface area (Å²) in [6, 6.07) is 21.3. The predicted octanol–water partition coefficient (Wildman–Crippen LogP) is 5.77. The molecule has 0 bridgehead atoms. The average molecular weight is 645 g/mol. The fourth-order valence-electron chi connectivity index (χ4n) is 4.28. The van der Waals surface area contributed by atoms with E-state index in [1.807, 2.05) is 58.0 Å². The van der Waals surface area contributed by atoms with Crippen LogP contribution in [-0.2, 0) is 26.2 Å². The van der Waals surface area contributed by atoms with Gasteiger partial charge in [0, 0.05) is 17.1 Å². The number of hydrogen-bond donors (Lipinski definition) is 1. The van der Waals surface area contributed by atoms with Gasteiger partial charge in [0.05, 0.1) is 17.2 Å². The summed E-state index contributed by atoms with van der Waals surface area (Å²) in [7, 11) is -4.15. The Morgan fingerprint density at radius 2 is 1.54 bits per heavy atom. The van der Waals surface area contributed by atoms with Crippen LogP contribution in [0.4, 0.5) is 5.69 Å². The maximum Gasteiger partial charge on any atom is 0.264 e. The first-order chi connectivity index (χ1) is 19.6. The van der Waals surface area contributed by atoms with Crippen LogP contribution in [0.5, 0.6) is 5.75 Å². The second-order valence-corrected chi connectivity index (χ2v) is 12.4. The molecule has 3 aromatic rings. The maximum absolute atomic E-state index is 14.1. The van der Waals surface area contributed by atoms with Gasteiger partial charge >= 0.3 is 0 Å². The Balaban J connectivity index is 2.04. The van der Waals surface area contributed by atoms with Crippen LogP contribution in [0.15, 0.2) is 88.2 Å². The van der Waals surface area contributed by atoms with Crippen molar-refractivity contribution in [2.75, 3.05) is 17.5 Å². The molecule has 0 unspecified atom stereocenters. The van der Waals surface area contributed by atoms with Crippen molar-refractivity contribution >= 4 is 43.5 Å². The van der Waals surface area contributed by atoms with Crippen molar-refractivity contribution in [2.24, 2.45) is 0 Å². The molecule has 2 atom stereocenters. The highest BCUT2D eigenvalue weighted by atomic mass is 79.9. The highest BCUT2D eigenvalue weighted by Crippen LogP contribution is 2.27. The van der Waals surface area contributed by atoms with Gasteiger partial charge in [-0.3, -0.25) is 13.9 Å². The third-order valence-electron chi connectivity index (χ3n) is 6.70. The summed E-state index contributed by atoms with van der Waals surface area (Å²) in [6.07, 6.45) is 1.11. The molecule has 3 rings (SSSR count). The fourth-order valence-corrected chi connectivity index (χ4v) is 5.96. The van der Waals surface area contributed by atoms with Crippen LogP contribution in [-0.4, -0.2) is 50.4 Å². The first kappa shape index (κ1) is 32.1. The Labute approximate surface area is 251 Å². The van der Waals surface area contributed by atoms with Crippen molar-refractivity contribution in [1.29, 1.82) is 0 Å². The molecule has 0 aliphatic rings. The lowest BCUT2D eigenvalue weighted by Crippen LogP contribution is -2.53. The lowest BCUT2D eigenvalue weighted by Gasteiger charge is -2.33. The number of rotatable bonds is 14. The van der Waals surface area contributed by atoms with Crippen molar-refractivity contribution in [3.8, 4) is 5.75 Å². The maximum atomic E-state index is 14.1. The molecule has 0 fully saturated rings. The zero-order valence-electron chi connectivity index (χ0n) is 23.9. The summed E-state index contributed by atoms with van der Waals surface area (Å²) in [5, 5.41) is 2.98. The molecule has 0 radical (unpaired) electrons. The van der Waals surface area contributed by atoms with Gasteiger partial charge < -0.3 is 15.0 Å². The quantitative estimate of drug-likeness (QED) is 0.241. The molecule has 0 heterocycles. The van der Waals surface area contributed by atoms with E-state index in [1.54, 1.807) is 36.4 Å². The molecule has 0 aromatic heterocycles. The van der Waals surface area contributed by atoms with Gasteiger partial charge in [0.2, 0.25) is 11.8 Å². The van der Waals surface area contributed by atoms with Gasteiger partial charge in [-0.2, -0.15) is 0 Å². The van der Waals surface area contributed by atoms with Gasteiger partial charge in [0.1, 0.15) is 18.3 Å². The molecule has 0 aliphatic heterocycles. The highest BCUT2D eigenvalue weighted by molar-refractivity contribution is 9.10. The zero-order valence-corrected chi connectivity index (χ0v) is 26.3. The normalized spacial score (nSPS) is 12.7. The lowest BCUT2D eigenvalue weighted by atomic mass is 10.1. The highest BCUT2D eigenvalue weighted by Gasteiger charge is 2.34. The second-order valence-electron chi connectivity index (χ2n) is 9.64. The zero-order chi connectivity index (χ0) is 30.0. The molecular weight excluding hydrogens is 606 g/mol. The number of anilines is 1. The van der Waals surface area contributed by atoms with E-state index in [0.717, 1.165) is 20.8 Å². The summed E-state index contributed by atoms with van der Waals surface area (Å²) in [4.78, 5) is 28.9. The van der Waals surface area contributed by atoms with Crippen LogP contribution in [0.25, 0.3) is 0 Å². The number of nitrogens with one attached hydrogen (secondary N) is 1. The number of sulfonamides is 1. The van der Waals surface area contributed by atoms with Gasteiger partial charge in [0.25, 0.3) is 10.0 Å². The smallest absolute Gasteiger partial charge is 0.264 e. The van der Waals surface area contributed by atoms with Crippen LogP contribution in [0.3, 0.4) is 0 Å². The van der Waals surface area contributed by atoms with E-state index in [4.69, 9.17) is 4.74 Å². The topological polar surface area (TPSA) is 96.0 Å². The number of ether oxygens (including phenoxy) is 1. The van der Waals surface area contributed by atoms with E-state index in [0.29, 0.717) is 24.5 Å². The predicted molar refractivity (Wildman–Crippen MR) is 165 cm³/mol. The third-order valence-corrected chi connectivity index (χ3v) is 9.02. The van der Waals surface area contributed by atoms with Crippen LogP contribution in [0, 0.1) is 0 Å². The Morgan fingerprint density at radius 3 is 2.10 bits per heavy atom. The number of amides is 2. The Bertz CT molecular complexity index is 1380. The van der Waals surface area contributed by atoms with Gasteiger partial charge in [-0.1, -0.05) is 60.1 Å². The van der Waals surface area contributed by atoms with Crippen LogP contribution in [0.2, 0.25) is 0 Å². The largest absolute Gasteiger partial charge is 0.494 e. The molecule has 220 valence electrons. The molecule has 0 saturated heterocycles. The number of carbonyl (C=O) groups excluding carboxylic acids is 2. The first-order valence-electron chi connectivity index (χ1n) is 13.8. The van der Waals surface area contributed by atoms with Crippen LogP contribution >= 0.6 is 15.9 Å². The Hall–Kier alpha value is -3.37. The molecule has 2 amide bonds. The molecule has 10 heteroatoms. The standard InChI is InChI=1S/C31H38BrN3O5S/c1-5-23(4)33-31(37)29(6-2)34(21-24-11-9-8-10-12-24)30(36)22-35(26-15-17-27(18-16-26)40-7-3)41(38,39)28-19-13-25(32)14-20-28/h8-20,23,29H,5-7,21-22H2,1-4H3,(H,33,37)/t23-,29-/m1/s1. The van der Waals surface area contributed by atoms with Crippen molar-refractivity contribution in [3.05, 3.63) is 88.9 Å². The van der Waals surface area contributed by atoms with Crippen LogP contribution < -0.4 is 14.4 Å². The Morgan fingerprint density at radius 1 is 0.902 bits per heavy atom. The molecule has 1 N–H and O–H groups in total. The van der Waals surface area contributed by atoms with E-state index in [-0.39, 0.29) is 23.4 Å². The van der Waals surface area contributed by atoms with Crippen molar-refractivity contribution in [2.45, 2.75) is 64.1 Å². The van der Waals surface area contributed by atoms with Crippen molar-refractivity contribution in [3.63, 3.8) is 0 Å². The fraction of sp³-hybridized carbons (Fsp3) is 0.355. The first-order valence-corrected chi connectivity index (χ1v) is 16.0. The number of carbonyl (C=O) groups is 2. The molecule has 8 nitrogen and oxygen atoms in total. The van der Waals surface area contributed by atoms with E-state index in [9.17, 15) is 18.0 Å². The number of hydrogen-bond acceptors (Lipinski definition) is 5. The summed E-state index contributed by atoms with van der Waals surface area (Å²) >= 11 is 3.35. The number of halogens is 1. The average Bonchev–Trinajstić information content (AvgIpc) is 2.97. The summed E-state index contributed by atoms with van der Waals surface area (Å²) in [5.74, 6) is -0.175. The second kappa shape index (κ2) is 15.0. The molecule has 3 aromatic carbocycles. The SMILES string of the molecule is CCOc1ccc(N(CC(=O)N(Cc2ccccc2)[C@H](CC)C(=O)N[C@H](C)CC)S(=O)(=O)c2ccc(Br)cc2)cc1. The lowest BCUT2D eigenvalue weighted by molar-refractivity contribution is -0.140. The van der Waals surface area contributed by atoms with E-state index in [1.165, 1.54) is 17.0 Å². The van der Waals surface area contributed by atoms with Gasteiger partial charge in [-0.15, -0.1) is 0 Å². The van der Waals surface area contributed by atoms with Crippen molar-refractivity contribution in [1.82, 2.24) is 10.2 Å². The number of benzene rings is 3. The molecule has 41 heavy (non-hydrogen) atoms. The molecule has 0 saturated carbocycles. The minimum absolute atomic E-state index is 0.0403. The van der Waals surface area contributed by atoms with E-state index < -0.39 is 28.5 Å². The van der Waals surface area contributed by atoms with Crippen molar-refractivity contribution < 1.29 is 22.7 Å². The molecule has 0 aliphatic carbocycles. The van der Waals surface area contributed by atoms with Gasteiger partial charge in [-0.05, 0) is 80.8 Å². The summed E-state index contributed by atoms with van der Waals surface area (Å²) in [6.45, 7) is 7.71. The minimum atomic E-state index is -4.15. The van der Waals surface area contributed by atoms with E-state index in [2.05, 4.69) is 21.2 Å². The van der Waals surface area contributed by atoms with Gasteiger partial charge in [0.15, 0.2) is 0 Å². The summed E-state index contributed by atoms with van der Waals surface area (Å²) in [5.41, 5.74) is 1.14. The van der Waals surface area contributed by atoms with Crippen LogP contribution in [0.1, 0.15) is 46.1 Å². The molecular formula is C31H38BrN3O5S. The monoisotopic (exact) mass is 643 g/mol. The van der Waals surface area contributed by atoms with E-state index >= 15 is 0 Å².